The van der Waals surface area contributed by atoms with Crippen LogP contribution in [0.3, 0.4) is 0 Å². The molecule has 0 aliphatic carbocycles. The number of alkyl halides is 1. The summed E-state index contributed by atoms with van der Waals surface area (Å²) in [6.07, 6.45) is -1.05. The van der Waals surface area contributed by atoms with Crippen LogP contribution in [0.15, 0.2) is 24.3 Å². The average molecular weight is 257 g/mol. The Morgan fingerprint density at radius 2 is 1.88 bits per heavy atom. The van der Waals surface area contributed by atoms with Crippen molar-refractivity contribution in [2.24, 2.45) is 0 Å². The highest BCUT2D eigenvalue weighted by Gasteiger charge is 2.17. The minimum Gasteiger partial charge on any atom is -0.390 e. The number of ketones is 1. The Bertz CT molecular complexity index is 361. The number of carbonyl (C=O) groups excluding carboxylic acids is 1. The summed E-state index contributed by atoms with van der Waals surface area (Å²) in [4.78, 5) is 11.4. The van der Waals surface area contributed by atoms with Gasteiger partial charge in [0.1, 0.15) is 6.10 Å². The van der Waals surface area contributed by atoms with Gasteiger partial charge in [-0.15, -0.1) is 11.6 Å². The Balaban J connectivity index is 2.76. The number of hydrogen-bond donors (Lipinski definition) is 2. The Morgan fingerprint density at radius 1 is 1.29 bits per heavy atom. The molecule has 1 aromatic carbocycles. The van der Waals surface area contributed by atoms with Crippen molar-refractivity contribution in [2.45, 2.75) is 32.0 Å². The molecular weight excluding hydrogens is 240 g/mol. The molecular formula is C13H17ClO3. The Morgan fingerprint density at radius 3 is 2.35 bits per heavy atom. The van der Waals surface area contributed by atoms with Gasteiger partial charge in [0, 0.05) is 17.9 Å². The number of aliphatic hydroxyl groups excluding tert-OH is 2. The van der Waals surface area contributed by atoms with Crippen molar-refractivity contribution in [2.75, 3.05) is 5.88 Å². The van der Waals surface area contributed by atoms with Crippen LogP contribution in [0.25, 0.3) is 0 Å². The van der Waals surface area contributed by atoms with Gasteiger partial charge >= 0.3 is 0 Å². The van der Waals surface area contributed by atoms with Crippen molar-refractivity contribution < 1.29 is 15.0 Å². The Labute approximate surface area is 106 Å². The van der Waals surface area contributed by atoms with E-state index >= 15 is 0 Å². The van der Waals surface area contributed by atoms with Gasteiger partial charge in [0.15, 0.2) is 5.78 Å². The van der Waals surface area contributed by atoms with Crippen LogP contribution < -0.4 is 0 Å². The maximum atomic E-state index is 11.4. The molecule has 94 valence electrons. The summed E-state index contributed by atoms with van der Waals surface area (Å²) in [7, 11) is 0. The minimum absolute atomic E-state index is 0.0624. The van der Waals surface area contributed by atoms with Gasteiger partial charge in [0.2, 0.25) is 0 Å². The van der Waals surface area contributed by atoms with Crippen LogP contribution in [-0.4, -0.2) is 28.0 Å². The van der Waals surface area contributed by atoms with Gasteiger partial charge in [-0.25, -0.2) is 0 Å². The number of hydrogen-bond acceptors (Lipinski definition) is 3. The van der Waals surface area contributed by atoms with E-state index in [0.29, 0.717) is 29.8 Å². The predicted molar refractivity (Wildman–Crippen MR) is 67.4 cm³/mol. The number of halogens is 1. The molecule has 4 heteroatoms. The number of benzene rings is 1. The normalized spacial score (nSPS) is 14.4. The smallest absolute Gasteiger partial charge is 0.162 e. The van der Waals surface area contributed by atoms with E-state index in [1.54, 1.807) is 31.2 Å². The van der Waals surface area contributed by atoms with Crippen LogP contribution in [0, 0.1) is 0 Å². The van der Waals surface area contributed by atoms with E-state index in [1.165, 1.54) is 0 Å². The fourth-order valence-electron chi connectivity index (χ4n) is 1.56. The second kappa shape index (κ2) is 6.74. The molecule has 0 saturated heterocycles. The summed E-state index contributed by atoms with van der Waals surface area (Å²) in [6, 6.07) is 6.64. The molecule has 17 heavy (non-hydrogen) atoms. The summed E-state index contributed by atoms with van der Waals surface area (Å²) in [5.74, 6) is 0.359. The molecule has 0 radical (unpaired) electrons. The molecule has 0 aliphatic heterocycles. The molecule has 0 saturated carbocycles. The van der Waals surface area contributed by atoms with Crippen molar-refractivity contribution in [3.63, 3.8) is 0 Å². The second-order valence-corrected chi connectivity index (χ2v) is 4.27. The first-order chi connectivity index (χ1) is 8.10. The van der Waals surface area contributed by atoms with Crippen LogP contribution >= 0.6 is 11.6 Å². The van der Waals surface area contributed by atoms with Crippen LogP contribution in [0.1, 0.15) is 41.8 Å². The lowest BCUT2D eigenvalue weighted by Crippen LogP contribution is -2.18. The molecule has 3 nitrogen and oxygen atoms in total. The molecule has 0 bridgehead atoms. The van der Waals surface area contributed by atoms with Gasteiger partial charge in [-0.1, -0.05) is 31.2 Å². The minimum atomic E-state index is -0.959. The molecule has 0 aliphatic rings. The number of aliphatic hydroxyl groups is 2. The van der Waals surface area contributed by atoms with Crippen molar-refractivity contribution in [3.05, 3.63) is 35.4 Å². The molecule has 0 aromatic heterocycles. The third-order valence-corrected chi connectivity index (χ3v) is 2.88. The zero-order valence-electron chi connectivity index (χ0n) is 9.77. The molecule has 1 rings (SSSR count). The van der Waals surface area contributed by atoms with E-state index in [0.717, 1.165) is 0 Å². The fourth-order valence-corrected chi connectivity index (χ4v) is 1.79. The molecule has 0 spiro atoms. The summed E-state index contributed by atoms with van der Waals surface area (Å²) in [5, 5.41) is 19.4. The summed E-state index contributed by atoms with van der Waals surface area (Å²) < 4.78 is 0. The summed E-state index contributed by atoms with van der Waals surface area (Å²) in [5.41, 5.74) is 1.21. The quantitative estimate of drug-likeness (QED) is 0.607. The SMILES string of the molecule is CCC(=O)c1ccc(C(O)C(O)CCCl)cc1. The molecule has 0 fully saturated rings. The van der Waals surface area contributed by atoms with E-state index in [9.17, 15) is 15.0 Å². The highest BCUT2D eigenvalue weighted by atomic mass is 35.5. The highest BCUT2D eigenvalue weighted by Crippen LogP contribution is 2.20. The van der Waals surface area contributed by atoms with Gasteiger partial charge < -0.3 is 10.2 Å². The lowest BCUT2D eigenvalue weighted by Gasteiger charge is -2.17. The van der Waals surface area contributed by atoms with Gasteiger partial charge in [-0.05, 0) is 12.0 Å². The fraction of sp³-hybridized carbons (Fsp3) is 0.462. The van der Waals surface area contributed by atoms with Crippen LogP contribution in [0.5, 0.6) is 0 Å². The zero-order valence-corrected chi connectivity index (χ0v) is 10.5. The van der Waals surface area contributed by atoms with Gasteiger partial charge in [0.25, 0.3) is 0 Å². The topological polar surface area (TPSA) is 57.5 Å². The van der Waals surface area contributed by atoms with Gasteiger partial charge in [0.05, 0.1) is 6.10 Å². The van der Waals surface area contributed by atoms with Gasteiger partial charge in [-0.3, -0.25) is 4.79 Å². The zero-order chi connectivity index (χ0) is 12.8. The van der Waals surface area contributed by atoms with Crippen LogP contribution in [0.4, 0.5) is 0 Å². The molecule has 2 N–H and O–H groups in total. The third kappa shape index (κ3) is 3.80. The first kappa shape index (κ1) is 14.2. The molecule has 0 amide bonds. The van der Waals surface area contributed by atoms with Crippen molar-refractivity contribution in [1.29, 1.82) is 0 Å². The number of rotatable bonds is 6. The Kier molecular flexibility index (Phi) is 5.62. The van der Waals surface area contributed by atoms with E-state index < -0.39 is 12.2 Å². The second-order valence-electron chi connectivity index (χ2n) is 3.89. The molecule has 1 aromatic rings. The first-order valence-electron chi connectivity index (χ1n) is 5.65. The highest BCUT2D eigenvalue weighted by molar-refractivity contribution is 6.17. The molecule has 0 heterocycles. The largest absolute Gasteiger partial charge is 0.390 e. The average Bonchev–Trinajstić information content (AvgIpc) is 2.37. The van der Waals surface area contributed by atoms with E-state index in [2.05, 4.69) is 0 Å². The maximum absolute atomic E-state index is 11.4. The predicted octanol–water partition coefficient (Wildman–Crippen LogP) is 2.30. The van der Waals surface area contributed by atoms with Gasteiger partial charge in [-0.2, -0.15) is 0 Å². The Hall–Kier alpha value is -0.900. The summed E-state index contributed by atoms with van der Waals surface area (Å²) in [6.45, 7) is 1.80. The number of carbonyl (C=O) groups is 1. The van der Waals surface area contributed by atoms with E-state index in [4.69, 9.17) is 11.6 Å². The van der Waals surface area contributed by atoms with Crippen LogP contribution in [-0.2, 0) is 0 Å². The molecule has 2 unspecified atom stereocenters. The van der Waals surface area contributed by atoms with Crippen LogP contribution in [0.2, 0.25) is 0 Å². The van der Waals surface area contributed by atoms with Crippen molar-refractivity contribution in [3.8, 4) is 0 Å². The van der Waals surface area contributed by atoms with E-state index in [1.807, 2.05) is 0 Å². The monoisotopic (exact) mass is 256 g/mol. The number of Topliss-reactive ketones (excluding diaryl/α,β-unsaturated/α-hetero) is 1. The lowest BCUT2D eigenvalue weighted by atomic mass is 10.00. The van der Waals surface area contributed by atoms with E-state index in [-0.39, 0.29) is 5.78 Å². The first-order valence-corrected chi connectivity index (χ1v) is 6.18. The van der Waals surface area contributed by atoms with Crippen molar-refractivity contribution in [1.82, 2.24) is 0 Å². The summed E-state index contributed by atoms with van der Waals surface area (Å²) >= 11 is 5.50. The molecule has 2 atom stereocenters. The standard InChI is InChI=1S/C13H17ClO3/c1-2-11(15)9-3-5-10(6-4-9)13(17)12(16)7-8-14/h3-6,12-13,16-17H,2,7-8H2,1H3. The maximum Gasteiger partial charge on any atom is 0.162 e. The lowest BCUT2D eigenvalue weighted by molar-refractivity contribution is 0.0170. The third-order valence-electron chi connectivity index (χ3n) is 2.66. The van der Waals surface area contributed by atoms with Crippen molar-refractivity contribution >= 4 is 17.4 Å².